The maximum Gasteiger partial charge on any atom is 0.323 e. The van der Waals surface area contributed by atoms with Gasteiger partial charge in [0.2, 0.25) is 11.8 Å². The molecule has 10 nitrogen and oxygen atoms in total. The van der Waals surface area contributed by atoms with E-state index in [-0.39, 0.29) is 30.1 Å². The number of hydrogen-bond acceptors (Lipinski definition) is 9. The Labute approximate surface area is 308 Å². The summed E-state index contributed by atoms with van der Waals surface area (Å²) in [5.41, 5.74) is 6.10. The summed E-state index contributed by atoms with van der Waals surface area (Å²) in [5, 5.41) is 7.32. The van der Waals surface area contributed by atoms with E-state index in [1.807, 2.05) is 68.4 Å². The van der Waals surface area contributed by atoms with E-state index in [2.05, 4.69) is 20.5 Å². The van der Waals surface area contributed by atoms with E-state index in [0.29, 0.717) is 59.1 Å². The second kappa shape index (κ2) is 16.4. The van der Waals surface area contributed by atoms with Crippen molar-refractivity contribution in [3.05, 3.63) is 82.0 Å². The van der Waals surface area contributed by atoms with E-state index in [9.17, 15) is 9.59 Å². The fraction of sp³-hybridized carbons (Fsp3) is 0.385. The Bertz CT molecular complexity index is 1900. The number of likely N-dealkylation sites (tertiary alicyclic amines) is 1. The fourth-order valence-electron chi connectivity index (χ4n) is 6.77. The molecule has 0 aliphatic carbocycles. The molecule has 2 aromatic heterocycles. The number of methoxy groups -OCH3 is 2. The maximum absolute atomic E-state index is 12.7. The number of pyridine rings is 2. The summed E-state index contributed by atoms with van der Waals surface area (Å²) in [6.07, 6.45) is 4.67. The highest BCUT2D eigenvalue weighted by Gasteiger charge is 2.33. The number of hydrogen-bond donors (Lipinski definition) is 2. The summed E-state index contributed by atoms with van der Waals surface area (Å²) in [5.74, 6) is 1.09. The lowest BCUT2D eigenvalue weighted by Gasteiger charge is -2.25. The van der Waals surface area contributed by atoms with Crippen molar-refractivity contribution >= 4 is 35.1 Å². The minimum Gasteiger partial charge on any atom is -0.496 e. The Morgan fingerprint density at radius 2 is 1.78 bits per heavy atom. The van der Waals surface area contributed by atoms with Gasteiger partial charge < -0.3 is 24.8 Å². The molecule has 4 aromatic rings. The first-order chi connectivity index (χ1) is 24.7. The summed E-state index contributed by atoms with van der Waals surface area (Å²) in [6, 6.07) is 17.3. The summed E-state index contributed by atoms with van der Waals surface area (Å²) in [4.78, 5) is 35.8. The van der Waals surface area contributed by atoms with Crippen LogP contribution < -0.4 is 20.1 Å². The first-order valence-electron chi connectivity index (χ1n) is 17.3. The number of ether oxygens (including phenoxy) is 3. The van der Waals surface area contributed by atoms with Crippen LogP contribution in [0.15, 0.2) is 60.8 Å². The molecule has 51 heavy (non-hydrogen) atoms. The summed E-state index contributed by atoms with van der Waals surface area (Å²) in [7, 11) is 3.23. The van der Waals surface area contributed by atoms with Crippen LogP contribution in [0.5, 0.6) is 11.6 Å². The van der Waals surface area contributed by atoms with Gasteiger partial charge >= 0.3 is 5.97 Å². The van der Waals surface area contributed by atoms with E-state index in [0.717, 1.165) is 59.2 Å². The average molecular weight is 733 g/mol. The van der Waals surface area contributed by atoms with Gasteiger partial charge in [0.25, 0.3) is 0 Å². The quantitative estimate of drug-likeness (QED) is 0.139. The van der Waals surface area contributed by atoms with E-state index in [1.165, 1.54) is 0 Å². The van der Waals surface area contributed by atoms with Gasteiger partial charge in [-0.25, -0.2) is 4.98 Å². The average Bonchev–Trinajstić information content (AvgIpc) is 3.77. The Hall–Kier alpha value is -4.22. The lowest BCUT2D eigenvalue weighted by atomic mass is 9.99. The van der Waals surface area contributed by atoms with E-state index in [1.54, 1.807) is 20.4 Å². The third kappa shape index (κ3) is 8.31. The Morgan fingerprint density at radius 3 is 2.53 bits per heavy atom. The lowest BCUT2D eigenvalue weighted by Crippen LogP contribution is -2.37. The molecule has 1 amide bonds. The van der Waals surface area contributed by atoms with Crippen molar-refractivity contribution in [3.63, 3.8) is 0 Å². The van der Waals surface area contributed by atoms with Crippen molar-refractivity contribution in [2.45, 2.75) is 70.8 Å². The predicted octanol–water partition coefficient (Wildman–Crippen LogP) is 7.09. The lowest BCUT2D eigenvalue weighted by molar-refractivity contribution is -0.153. The van der Waals surface area contributed by atoms with Crippen LogP contribution in [0.4, 0.5) is 0 Å². The Morgan fingerprint density at radius 1 is 1.00 bits per heavy atom. The number of carbonyl (C=O) groups is 2. The molecular formula is C39H43Cl2N5O5. The maximum atomic E-state index is 12.7. The standard InChI is InChI=1S/C39H43Cl2N5O5/c1-23(2)51-39(48)32-9-6-18-46(32)22-26-11-10-24(19-33(26)49-3)37-36(41)29(16-17-43-37)28-7-5-8-30(35(28)40)31-14-12-25(38(45-31)50-4)20-42-21-27-13-15-34(47)44-27/h5,7-8,10-12,14,16-17,19,23,27,32,42H,6,9,13,15,18,20-22H2,1-4H3,(H,44,47)/t27-,32-/m1/s1. The zero-order chi connectivity index (χ0) is 36.1. The molecule has 0 radical (unpaired) electrons. The third-order valence-electron chi connectivity index (χ3n) is 9.30. The first-order valence-corrected chi connectivity index (χ1v) is 18.0. The number of aromatic nitrogens is 2. The van der Waals surface area contributed by atoms with Gasteiger partial charge in [-0.05, 0) is 57.9 Å². The molecule has 2 N–H and O–H groups in total. The van der Waals surface area contributed by atoms with Crippen molar-refractivity contribution in [1.82, 2.24) is 25.5 Å². The molecular weight excluding hydrogens is 689 g/mol. The van der Waals surface area contributed by atoms with Crippen LogP contribution in [-0.2, 0) is 27.4 Å². The SMILES string of the molecule is COc1cc(-c2nccc(-c3cccc(-c4ccc(CNC[C@H]5CCC(=O)N5)c(OC)n4)c3Cl)c2Cl)ccc1CN1CCC[C@@H]1C(=O)OC(C)C. The summed E-state index contributed by atoms with van der Waals surface area (Å²) in [6.45, 7) is 6.32. The number of benzene rings is 2. The predicted molar refractivity (Wildman–Crippen MR) is 199 cm³/mol. The van der Waals surface area contributed by atoms with Crippen molar-refractivity contribution in [2.75, 3.05) is 27.3 Å². The highest BCUT2D eigenvalue weighted by atomic mass is 35.5. The minimum absolute atomic E-state index is 0.0958. The van der Waals surface area contributed by atoms with E-state index >= 15 is 0 Å². The number of nitrogens with one attached hydrogen (secondary N) is 2. The van der Waals surface area contributed by atoms with Crippen LogP contribution in [0.1, 0.15) is 50.7 Å². The molecule has 2 fully saturated rings. The molecule has 0 bridgehead atoms. The molecule has 2 aromatic carbocycles. The van der Waals surface area contributed by atoms with Crippen LogP contribution in [0.3, 0.4) is 0 Å². The largest absolute Gasteiger partial charge is 0.496 e. The van der Waals surface area contributed by atoms with Gasteiger partial charge in [-0.2, -0.15) is 0 Å². The molecule has 4 heterocycles. The van der Waals surface area contributed by atoms with Crippen LogP contribution in [0, 0.1) is 0 Å². The number of esters is 1. The van der Waals surface area contributed by atoms with Crippen LogP contribution >= 0.6 is 23.2 Å². The molecule has 2 atom stereocenters. The molecule has 0 spiro atoms. The highest BCUT2D eigenvalue weighted by Crippen LogP contribution is 2.42. The number of carbonyl (C=O) groups excluding carboxylic acids is 2. The van der Waals surface area contributed by atoms with Gasteiger partial charge in [0.15, 0.2) is 0 Å². The van der Waals surface area contributed by atoms with Crippen molar-refractivity contribution < 1.29 is 23.8 Å². The zero-order valence-corrected chi connectivity index (χ0v) is 30.8. The molecule has 12 heteroatoms. The zero-order valence-electron chi connectivity index (χ0n) is 29.3. The van der Waals surface area contributed by atoms with Gasteiger partial charge in [-0.3, -0.25) is 19.5 Å². The highest BCUT2D eigenvalue weighted by molar-refractivity contribution is 6.39. The fourth-order valence-corrected chi connectivity index (χ4v) is 7.41. The van der Waals surface area contributed by atoms with Crippen LogP contribution in [-0.4, -0.2) is 72.2 Å². The topological polar surface area (TPSA) is 115 Å². The number of nitrogens with zero attached hydrogens (tertiary/aromatic N) is 3. The molecule has 2 aliphatic rings. The van der Waals surface area contributed by atoms with Gasteiger partial charge in [-0.1, -0.05) is 59.6 Å². The Balaban J connectivity index is 1.22. The minimum atomic E-state index is -0.269. The number of rotatable bonds is 13. The van der Waals surface area contributed by atoms with Gasteiger partial charge in [-0.15, -0.1) is 0 Å². The normalized spacial score (nSPS) is 17.5. The molecule has 6 rings (SSSR count). The van der Waals surface area contributed by atoms with Crippen LogP contribution in [0.25, 0.3) is 33.6 Å². The van der Waals surface area contributed by atoms with Crippen LogP contribution in [0.2, 0.25) is 10.0 Å². The Kier molecular flexibility index (Phi) is 11.8. The van der Waals surface area contributed by atoms with Crippen molar-refractivity contribution in [3.8, 4) is 45.3 Å². The molecule has 2 saturated heterocycles. The molecule has 0 unspecified atom stereocenters. The van der Waals surface area contributed by atoms with Crippen molar-refractivity contribution in [2.24, 2.45) is 0 Å². The van der Waals surface area contributed by atoms with E-state index in [4.69, 9.17) is 42.4 Å². The number of halogens is 2. The van der Waals surface area contributed by atoms with E-state index < -0.39 is 0 Å². The second-order valence-electron chi connectivity index (χ2n) is 13.1. The van der Waals surface area contributed by atoms with Gasteiger partial charge in [0.05, 0.1) is 41.8 Å². The van der Waals surface area contributed by atoms with Gasteiger partial charge in [0, 0.05) is 71.7 Å². The number of amides is 1. The summed E-state index contributed by atoms with van der Waals surface area (Å²) < 4.78 is 17.0. The molecule has 268 valence electrons. The van der Waals surface area contributed by atoms with Crippen molar-refractivity contribution in [1.29, 1.82) is 0 Å². The monoisotopic (exact) mass is 731 g/mol. The molecule has 0 saturated carbocycles. The first kappa shape index (κ1) is 36.6. The van der Waals surface area contributed by atoms with Gasteiger partial charge in [0.1, 0.15) is 11.8 Å². The third-order valence-corrected chi connectivity index (χ3v) is 10.1. The smallest absolute Gasteiger partial charge is 0.323 e. The molecule has 2 aliphatic heterocycles. The second-order valence-corrected chi connectivity index (χ2v) is 13.9. The summed E-state index contributed by atoms with van der Waals surface area (Å²) >= 11 is 14.2.